The fourth-order valence-corrected chi connectivity index (χ4v) is 2.29. The number of amides is 3. The number of hydrogen-bond acceptors (Lipinski definition) is 5. The molecule has 0 saturated carbocycles. The Balaban J connectivity index is 1.72. The number of aromatic nitrogens is 3. The third kappa shape index (κ3) is 3.18. The van der Waals surface area contributed by atoms with Gasteiger partial charge >= 0.3 is 0 Å². The molecule has 0 saturated heterocycles. The minimum absolute atomic E-state index is 0.0147. The minimum Gasteiger partial charge on any atom is -0.326 e. The van der Waals surface area contributed by atoms with Crippen LogP contribution in [0.25, 0.3) is 0 Å². The molecule has 2 heterocycles. The van der Waals surface area contributed by atoms with Crippen LogP contribution >= 0.6 is 0 Å². The number of nitrogens with zero attached hydrogens (tertiary/aromatic N) is 3. The van der Waals surface area contributed by atoms with Crippen molar-refractivity contribution in [2.45, 2.75) is 19.4 Å². The van der Waals surface area contributed by atoms with Crippen molar-refractivity contribution < 1.29 is 14.4 Å². The van der Waals surface area contributed by atoms with Crippen LogP contribution in [0.2, 0.25) is 0 Å². The van der Waals surface area contributed by atoms with Gasteiger partial charge in [-0.15, -0.1) is 10.2 Å². The first-order valence-corrected chi connectivity index (χ1v) is 6.91. The average molecular weight is 314 g/mol. The zero-order valence-corrected chi connectivity index (χ0v) is 12.2. The lowest BCUT2D eigenvalue weighted by Crippen LogP contribution is -2.35. The monoisotopic (exact) mass is 314 g/mol. The Morgan fingerprint density at radius 1 is 1.22 bits per heavy atom. The van der Waals surface area contributed by atoms with Crippen LogP contribution in [0.1, 0.15) is 19.4 Å². The molecule has 1 aliphatic rings. The van der Waals surface area contributed by atoms with Gasteiger partial charge in [0.15, 0.2) is 0 Å². The van der Waals surface area contributed by atoms with Gasteiger partial charge in [-0.25, -0.2) is 0 Å². The van der Waals surface area contributed by atoms with Gasteiger partial charge in [-0.3, -0.25) is 24.3 Å². The van der Waals surface area contributed by atoms with Gasteiger partial charge in [-0.05, 0) is 24.3 Å². The van der Waals surface area contributed by atoms with Gasteiger partial charge in [0, 0.05) is 18.3 Å². The van der Waals surface area contributed by atoms with Crippen LogP contribution < -0.4 is 16.0 Å². The van der Waals surface area contributed by atoms with E-state index in [1.165, 1.54) is 17.8 Å². The van der Waals surface area contributed by atoms with Gasteiger partial charge in [0.2, 0.25) is 23.7 Å². The number of rotatable bonds is 3. The molecule has 0 unspecified atom stereocenters. The number of fused-ring (bicyclic) bond motifs is 1. The lowest BCUT2D eigenvalue weighted by atomic mass is 10.1. The van der Waals surface area contributed by atoms with E-state index in [4.69, 9.17) is 0 Å². The van der Waals surface area contributed by atoms with E-state index in [1.54, 1.807) is 24.3 Å². The van der Waals surface area contributed by atoms with E-state index in [0.717, 1.165) is 0 Å². The maximum absolute atomic E-state index is 12.4. The fraction of sp³-hybridized carbons (Fsp3) is 0.214. The summed E-state index contributed by atoms with van der Waals surface area (Å²) in [5.74, 6) is -0.544. The minimum atomic E-state index is -0.705. The van der Waals surface area contributed by atoms with Crippen LogP contribution in [0, 0.1) is 0 Å². The highest BCUT2D eigenvalue weighted by atomic mass is 16.2. The molecular formula is C14H14N6O3. The number of carbonyl (C=O) groups is 3. The van der Waals surface area contributed by atoms with Crippen molar-refractivity contribution in [3.8, 4) is 0 Å². The maximum atomic E-state index is 12.4. The summed E-state index contributed by atoms with van der Waals surface area (Å²) in [6.45, 7) is 1.42. The highest BCUT2D eigenvalue weighted by Crippen LogP contribution is 2.24. The molecule has 0 fully saturated rings. The summed E-state index contributed by atoms with van der Waals surface area (Å²) in [6.07, 6.45) is 1.42. The maximum Gasteiger partial charge on any atom is 0.248 e. The summed E-state index contributed by atoms with van der Waals surface area (Å²) in [7, 11) is 0. The van der Waals surface area contributed by atoms with Crippen LogP contribution in [-0.2, 0) is 14.4 Å². The Hall–Kier alpha value is -3.23. The standard InChI is InChI=1S/C14H14N6O3/c1-8(21)16-9-2-4-10(5-3-9)17-13(23)11-6-12(22)18-14-19-15-7-20(11)14/h2-5,7,11H,6H2,1H3,(H,16,21)(H,17,23)(H,18,19,22)/t11-/m0/s1. The quantitative estimate of drug-likeness (QED) is 0.773. The van der Waals surface area contributed by atoms with Crippen LogP contribution in [0.3, 0.4) is 0 Å². The summed E-state index contributed by atoms with van der Waals surface area (Å²) in [5, 5.41) is 15.4. The van der Waals surface area contributed by atoms with E-state index in [9.17, 15) is 14.4 Å². The summed E-state index contributed by atoms with van der Waals surface area (Å²) < 4.78 is 1.52. The molecule has 0 radical (unpaired) electrons. The molecule has 1 atom stereocenters. The highest BCUT2D eigenvalue weighted by molar-refractivity contribution is 6.01. The van der Waals surface area contributed by atoms with E-state index >= 15 is 0 Å². The highest BCUT2D eigenvalue weighted by Gasteiger charge is 2.31. The smallest absolute Gasteiger partial charge is 0.248 e. The fourth-order valence-electron chi connectivity index (χ4n) is 2.29. The molecule has 3 amide bonds. The molecule has 0 bridgehead atoms. The molecule has 9 nitrogen and oxygen atoms in total. The topological polar surface area (TPSA) is 118 Å². The third-order valence-electron chi connectivity index (χ3n) is 3.31. The summed E-state index contributed by atoms with van der Waals surface area (Å²) in [6, 6.07) is 5.98. The second-order valence-corrected chi connectivity index (χ2v) is 5.08. The van der Waals surface area contributed by atoms with Gasteiger partial charge in [-0.2, -0.15) is 0 Å². The Morgan fingerprint density at radius 3 is 2.52 bits per heavy atom. The second kappa shape index (κ2) is 5.87. The van der Waals surface area contributed by atoms with Gasteiger partial charge in [0.25, 0.3) is 0 Å². The number of anilines is 3. The zero-order valence-electron chi connectivity index (χ0n) is 12.2. The first-order valence-electron chi connectivity index (χ1n) is 6.91. The number of hydrogen-bond donors (Lipinski definition) is 3. The van der Waals surface area contributed by atoms with Crippen molar-refractivity contribution >= 4 is 35.0 Å². The van der Waals surface area contributed by atoms with Gasteiger partial charge in [-0.1, -0.05) is 0 Å². The molecule has 2 aromatic rings. The lowest BCUT2D eigenvalue weighted by Gasteiger charge is -2.23. The summed E-state index contributed by atoms with van der Waals surface area (Å²) in [4.78, 5) is 35.0. The van der Waals surface area contributed by atoms with Crippen LogP contribution in [0.15, 0.2) is 30.6 Å². The van der Waals surface area contributed by atoms with Gasteiger partial charge in [0.1, 0.15) is 12.4 Å². The Labute approximate surface area is 131 Å². The molecule has 3 rings (SSSR count). The van der Waals surface area contributed by atoms with E-state index in [-0.39, 0.29) is 30.1 Å². The Bertz CT molecular complexity index is 767. The van der Waals surface area contributed by atoms with Gasteiger partial charge < -0.3 is 10.6 Å². The first kappa shape index (κ1) is 14.7. The molecule has 118 valence electrons. The molecule has 1 aliphatic heterocycles. The van der Waals surface area contributed by atoms with Crippen molar-refractivity contribution in [1.82, 2.24) is 14.8 Å². The molecule has 1 aromatic carbocycles. The summed E-state index contributed by atoms with van der Waals surface area (Å²) in [5.41, 5.74) is 1.19. The van der Waals surface area contributed by atoms with Crippen molar-refractivity contribution in [1.29, 1.82) is 0 Å². The van der Waals surface area contributed by atoms with Crippen LogP contribution in [-0.4, -0.2) is 32.5 Å². The van der Waals surface area contributed by atoms with E-state index < -0.39 is 6.04 Å². The normalized spacial score (nSPS) is 16.2. The van der Waals surface area contributed by atoms with E-state index in [2.05, 4.69) is 26.1 Å². The third-order valence-corrected chi connectivity index (χ3v) is 3.31. The molecule has 1 aromatic heterocycles. The van der Waals surface area contributed by atoms with Crippen molar-refractivity contribution in [2.24, 2.45) is 0 Å². The lowest BCUT2D eigenvalue weighted by molar-refractivity contribution is -0.125. The van der Waals surface area contributed by atoms with Crippen LogP contribution in [0.5, 0.6) is 0 Å². The number of nitrogens with one attached hydrogen (secondary N) is 3. The predicted molar refractivity (Wildman–Crippen MR) is 81.7 cm³/mol. The molecule has 9 heteroatoms. The van der Waals surface area contributed by atoms with E-state index in [0.29, 0.717) is 11.4 Å². The number of carbonyl (C=O) groups excluding carboxylic acids is 3. The average Bonchev–Trinajstić information content (AvgIpc) is 2.95. The van der Waals surface area contributed by atoms with E-state index in [1.807, 2.05) is 0 Å². The predicted octanol–water partition coefficient (Wildman–Crippen LogP) is 0.758. The number of benzene rings is 1. The van der Waals surface area contributed by atoms with Crippen molar-refractivity contribution in [3.63, 3.8) is 0 Å². The van der Waals surface area contributed by atoms with Gasteiger partial charge in [0.05, 0.1) is 6.42 Å². The molecular weight excluding hydrogens is 300 g/mol. The van der Waals surface area contributed by atoms with Crippen LogP contribution in [0.4, 0.5) is 17.3 Å². The van der Waals surface area contributed by atoms with Crippen molar-refractivity contribution in [3.05, 3.63) is 30.6 Å². The summed E-state index contributed by atoms with van der Waals surface area (Å²) >= 11 is 0. The largest absolute Gasteiger partial charge is 0.326 e. The molecule has 0 spiro atoms. The Kier molecular flexibility index (Phi) is 3.75. The van der Waals surface area contributed by atoms with Crippen molar-refractivity contribution in [2.75, 3.05) is 16.0 Å². The zero-order chi connectivity index (χ0) is 16.4. The Morgan fingerprint density at radius 2 is 1.87 bits per heavy atom. The second-order valence-electron chi connectivity index (χ2n) is 5.08. The first-order chi connectivity index (χ1) is 11.0. The molecule has 0 aliphatic carbocycles. The molecule has 23 heavy (non-hydrogen) atoms. The molecule has 3 N–H and O–H groups in total. The SMILES string of the molecule is CC(=O)Nc1ccc(NC(=O)[C@@H]2CC(=O)Nc3nncn32)cc1.